The fourth-order valence-electron chi connectivity index (χ4n) is 1.76. The largest absolute Gasteiger partial charge is 0.381 e. The summed E-state index contributed by atoms with van der Waals surface area (Å²) in [6.45, 7) is 0. The van der Waals surface area contributed by atoms with Gasteiger partial charge in [-0.15, -0.1) is 0 Å². The van der Waals surface area contributed by atoms with Crippen molar-refractivity contribution < 1.29 is 4.74 Å². The molecule has 12 heavy (non-hydrogen) atoms. The molecular formula is C11H14O. The molecule has 1 aromatic carbocycles. The molecule has 0 radical (unpaired) electrons. The van der Waals surface area contributed by atoms with Crippen molar-refractivity contribution in [3.05, 3.63) is 35.9 Å². The zero-order valence-electron chi connectivity index (χ0n) is 7.36. The average Bonchev–Trinajstić information content (AvgIpc) is 2.04. The summed E-state index contributed by atoms with van der Waals surface area (Å²) in [5.41, 5.74) is 1.46. The van der Waals surface area contributed by atoms with Crippen molar-refractivity contribution >= 4 is 0 Å². The summed E-state index contributed by atoms with van der Waals surface area (Å²) in [5, 5.41) is 0. The number of hydrogen-bond donors (Lipinski definition) is 0. The minimum absolute atomic E-state index is 0.509. The van der Waals surface area contributed by atoms with Crippen molar-refractivity contribution in [1.29, 1.82) is 0 Å². The van der Waals surface area contributed by atoms with Crippen molar-refractivity contribution in [2.24, 2.45) is 0 Å². The minimum Gasteiger partial charge on any atom is -0.381 e. The fourth-order valence-corrected chi connectivity index (χ4v) is 1.76. The van der Waals surface area contributed by atoms with Gasteiger partial charge in [0.2, 0.25) is 0 Å². The summed E-state index contributed by atoms with van der Waals surface area (Å²) in [6, 6.07) is 10.7. The maximum atomic E-state index is 5.24. The van der Waals surface area contributed by atoms with E-state index >= 15 is 0 Å². The van der Waals surface area contributed by atoms with Crippen molar-refractivity contribution in [2.45, 2.75) is 24.9 Å². The van der Waals surface area contributed by atoms with Gasteiger partial charge in [-0.1, -0.05) is 30.3 Å². The molecule has 0 saturated heterocycles. The van der Waals surface area contributed by atoms with E-state index in [1.807, 2.05) is 0 Å². The van der Waals surface area contributed by atoms with E-state index in [1.165, 1.54) is 18.4 Å². The maximum absolute atomic E-state index is 5.24. The van der Waals surface area contributed by atoms with Gasteiger partial charge in [-0.05, 0) is 24.3 Å². The van der Waals surface area contributed by atoms with E-state index in [4.69, 9.17) is 4.74 Å². The van der Waals surface area contributed by atoms with Gasteiger partial charge < -0.3 is 4.74 Å². The molecule has 64 valence electrons. The van der Waals surface area contributed by atoms with Crippen molar-refractivity contribution in [2.75, 3.05) is 7.11 Å². The van der Waals surface area contributed by atoms with Crippen molar-refractivity contribution in [1.82, 2.24) is 0 Å². The molecule has 0 aliphatic heterocycles. The predicted molar refractivity (Wildman–Crippen MR) is 49.2 cm³/mol. The van der Waals surface area contributed by atoms with Gasteiger partial charge >= 0.3 is 0 Å². The molecule has 1 fully saturated rings. The van der Waals surface area contributed by atoms with Gasteiger partial charge in [0.25, 0.3) is 0 Å². The Morgan fingerprint density at radius 2 is 1.83 bits per heavy atom. The van der Waals surface area contributed by atoms with E-state index in [1.54, 1.807) is 7.11 Å². The summed E-state index contributed by atoms with van der Waals surface area (Å²) < 4.78 is 5.24. The summed E-state index contributed by atoms with van der Waals surface area (Å²) in [7, 11) is 1.80. The second kappa shape index (κ2) is 3.28. The Hall–Kier alpha value is -0.820. The molecule has 0 aromatic heterocycles. The van der Waals surface area contributed by atoms with Gasteiger partial charge in [-0.25, -0.2) is 0 Å². The highest BCUT2D eigenvalue weighted by atomic mass is 16.5. The lowest BCUT2D eigenvalue weighted by Gasteiger charge is -2.34. The first kappa shape index (κ1) is 7.81. The van der Waals surface area contributed by atoms with Gasteiger partial charge in [0.1, 0.15) is 0 Å². The topological polar surface area (TPSA) is 9.23 Å². The Labute approximate surface area is 73.4 Å². The molecule has 1 aromatic rings. The molecular weight excluding hydrogens is 148 g/mol. The molecule has 0 unspecified atom stereocenters. The number of hydrogen-bond acceptors (Lipinski definition) is 1. The second-order valence-electron chi connectivity index (χ2n) is 3.44. The van der Waals surface area contributed by atoms with E-state index in [0.29, 0.717) is 6.10 Å². The molecule has 0 spiro atoms. The van der Waals surface area contributed by atoms with E-state index in [2.05, 4.69) is 30.3 Å². The third-order valence-electron chi connectivity index (χ3n) is 2.70. The number of benzene rings is 1. The average molecular weight is 162 g/mol. The Balaban J connectivity index is 1.97. The van der Waals surface area contributed by atoms with Crippen LogP contribution >= 0.6 is 0 Å². The van der Waals surface area contributed by atoms with Crippen molar-refractivity contribution in [3.63, 3.8) is 0 Å². The van der Waals surface area contributed by atoms with E-state index < -0.39 is 0 Å². The first-order chi connectivity index (χ1) is 5.90. The zero-order chi connectivity index (χ0) is 8.39. The highest BCUT2D eigenvalue weighted by Crippen LogP contribution is 2.37. The Bertz CT molecular complexity index is 236. The van der Waals surface area contributed by atoms with E-state index in [0.717, 1.165) is 5.92 Å². The smallest absolute Gasteiger partial charge is 0.0583 e. The van der Waals surface area contributed by atoms with E-state index in [-0.39, 0.29) is 0 Å². The van der Waals surface area contributed by atoms with Crippen LogP contribution in [0.1, 0.15) is 24.3 Å². The Kier molecular flexibility index (Phi) is 2.13. The van der Waals surface area contributed by atoms with Gasteiger partial charge in [0.15, 0.2) is 0 Å². The maximum Gasteiger partial charge on any atom is 0.0583 e. The normalized spacial score (nSPS) is 28.1. The molecule has 0 atom stereocenters. The first-order valence-corrected chi connectivity index (χ1v) is 4.48. The molecule has 0 heterocycles. The Morgan fingerprint density at radius 1 is 1.17 bits per heavy atom. The highest BCUT2D eigenvalue weighted by molar-refractivity contribution is 5.22. The monoisotopic (exact) mass is 162 g/mol. The van der Waals surface area contributed by atoms with Crippen LogP contribution < -0.4 is 0 Å². The summed E-state index contributed by atoms with van der Waals surface area (Å²) in [6.07, 6.45) is 2.90. The number of methoxy groups -OCH3 is 1. The number of rotatable bonds is 2. The van der Waals surface area contributed by atoms with Crippen LogP contribution in [0.2, 0.25) is 0 Å². The second-order valence-corrected chi connectivity index (χ2v) is 3.44. The van der Waals surface area contributed by atoms with Crippen LogP contribution in [-0.4, -0.2) is 13.2 Å². The molecule has 1 saturated carbocycles. The lowest BCUT2D eigenvalue weighted by Crippen LogP contribution is -2.28. The Morgan fingerprint density at radius 3 is 2.42 bits per heavy atom. The lowest BCUT2D eigenvalue weighted by atomic mass is 9.77. The zero-order valence-corrected chi connectivity index (χ0v) is 7.36. The molecule has 0 amide bonds. The first-order valence-electron chi connectivity index (χ1n) is 4.48. The molecule has 0 bridgehead atoms. The quantitative estimate of drug-likeness (QED) is 0.649. The molecule has 1 aliphatic carbocycles. The van der Waals surface area contributed by atoms with Gasteiger partial charge in [0.05, 0.1) is 6.10 Å². The van der Waals surface area contributed by atoms with Gasteiger partial charge in [-0.2, -0.15) is 0 Å². The fraction of sp³-hybridized carbons (Fsp3) is 0.455. The predicted octanol–water partition coefficient (Wildman–Crippen LogP) is 2.58. The SMILES string of the molecule is CO[C@H]1C[C@@H](c2ccccc2)C1. The van der Waals surface area contributed by atoms with Crippen LogP contribution in [0.25, 0.3) is 0 Å². The van der Waals surface area contributed by atoms with Gasteiger partial charge in [0, 0.05) is 7.11 Å². The van der Waals surface area contributed by atoms with Crippen LogP contribution in [0.3, 0.4) is 0 Å². The standard InChI is InChI=1S/C11H14O/c1-12-11-7-10(8-11)9-5-3-2-4-6-9/h2-6,10-11H,7-8H2,1H3/t10-,11+. The highest BCUT2D eigenvalue weighted by Gasteiger charge is 2.29. The van der Waals surface area contributed by atoms with Crippen molar-refractivity contribution in [3.8, 4) is 0 Å². The van der Waals surface area contributed by atoms with Crippen LogP contribution in [0.5, 0.6) is 0 Å². The molecule has 2 rings (SSSR count). The van der Waals surface area contributed by atoms with Crippen LogP contribution in [0.15, 0.2) is 30.3 Å². The number of ether oxygens (including phenoxy) is 1. The minimum atomic E-state index is 0.509. The molecule has 1 heteroatoms. The van der Waals surface area contributed by atoms with Gasteiger partial charge in [-0.3, -0.25) is 0 Å². The van der Waals surface area contributed by atoms with Crippen LogP contribution in [0.4, 0.5) is 0 Å². The van der Waals surface area contributed by atoms with E-state index in [9.17, 15) is 0 Å². The molecule has 1 nitrogen and oxygen atoms in total. The lowest BCUT2D eigenvalue weighted by molar-refractivity contribution is 0.0258. The van der Waals surface area contributed by atoms with Crippen LogP contribution in [-0.2, 0) is 4.74 Å². The molecule has 0 N–H and O–H groups in total. The summed E-state index contributed by atoms with van der Waals surface area (Å²) in [5.74, 6) is 0.746. The molecule has 1 aliphatic rings. The third kappa shape index (κ3) is 1.37. The van der Waals surface area contributed by atoms with Crippen LogP contribution in [0, 0.1) is 0 Å². The summed E-state index contributed by atoms with van der Waals surface area (Å²) in [4.78, 5) is 0. The third-order valence-corrected chi connectivity index (χ3v) is 2.70. The summed E-state index contributed by atoms with van der Waals surface area (Å²) >= 11 is 0.